The summed E-state index contributed by atoms with van der Waals surface area (Å²) in [5, 5.41) is 3.81. The Morgan fingerprint density at radius 3 is 2.43 bits per heavy atom. The molecule has 0 amide bonds. The molecule has 2 heterocycles. The largest absolute Gasteiger partial charge is 0.534 e. The van der Waals surface area contributed by atoms with Gasteiger partial charge in [-0.05, 0) is 24.3 Å². The summed E-state index contributed by atoms with van der Waals surface area (Å²) in [5.74, 6) is -2.26. The van der Waals surface area contributed by atoms with E-state index in [0.717, 1.165) is 18.0 Å². The lowest BCUT2D eigenvalue weighted by atomic mass is 10.3. The molecule has 0 bridgehead atoms. The number of nitrogens with zero attached hydrogens (tertiary/aromatic N) is 4. The summed E-state index contributed by atoms with van der Waals surface area (Å²) >= 11 is 5.80. The van der Waals surface area contributed by atoms with Crippen LogP contribution in [-0.4, -0.2) is 46.8 Å². The molecule has 0 N–H and O–H groups in total. The SMILES string of the molecule is COC(=O)c1ncc2c(OS(=O)(=O)C(F)(F)F)nn(-c3ccc(Cl)cc3)c2n1. The highest BCUT2D eigenvalue weighted by molar-refractivity contribution is 7.88. The first-order valence-electron chi connectivity index (χ1n) is 7.14. The first kappa shape index (κ1) is 19.8. The van der Waals surface area contributed by atoms with E-state index in [2.05, 4.69) is 24.0 Å². The first-order chi connectivity index (χ1) is 13.0. The highest BCUT2D eigenvalue weighted by Gasteiger charge is 2.49. The Balaban J connectivity index is 2.23. The number of alkyl halides is 3. The van der Waals surface area contributed by atoms with Gasteiger partial charge in [0.25, 0.3) is 5.88 Å². The molecule has 0 aliphatic rings. The summed E-state index contributed by atoms with van der Waals surface area (Å²) in [5.41, 5.74) is -5.61. The number of aromatic nitrogens is 4. The number of benzene rings is 1. The predicted molar refractivity (Wildman–Crippen MR) is 88.6 cm³/mol. The van der Waals surface area contributed by atoms with Crippen molar-refractivity contribution >= 4 is 38.7 Å². The van der Waals surface area contributed by atoms with Gasteiger partial charge in [-0.2, -0.15) is 21.6 Å². The average molecular weight is 437 g/mol. The summed E-state index contributed by atoms with van der Waals surface area (Å²) in [4.78, 5) is 19.2. The van der Waals surface area contributed by atoms with E-state index >= 15 is 0 Å². The van der Waals surface area contributed by atoms with Crippen LogP contribution in [0, 0.1) is 0 Å². The Morgan fingerprint density at radius 2 is 1.86 bits per heavy atom. The van der Waals surface area contributed by atoms with Crippen LogP contribution in [0.15, 0.2) is 30.5 Å². The maximum Gasteiger partial charge on any atom is 0.534 e. The third kappa shape index (κ3) is 3.57. The van der Waals surface area contributed by atoms with Gasteiger partial charge in [-0.15, -0.1) is 5.10 Å². The van der Waals surface area contributed by atoms with Crippen molar-refractivity contribution in [1.29, 1.82) is 0 Å². The molecule has 9 nitrogen and oxygen atoms in total. The number of fused-ring (bicyclic) bond motifs is 1. The topological polar surface area (TPSA) is 113 Å². The van der Waals surface area contributed by atoms with E-state index in [1.54, 1.807) is 0 Å². The number of carbonyl (C=O) groups is 1. The van der Waals surface area contributed by atoms with Gasteiger partial charge in [-0.3, -0.25) is 0 Å². The quantitative estimate of drug-likeness (QED) is 0.348. The van der Waals surface area contributed by atoms with E-state index in [1.165, 1.54) is 24.3 Å². The fourth-order valence-corrected chi connectivity index (χ4v) is 2.59. The molecule has 1 aromatic carbocycles. The summed E-state index contributed by atoms with van der Waals surface area (Å²) in [6, 6.07) is 5.80. The van der Waals surface area contributed by atoms with Crippen LogP contribution in [0.3, 0.4) is 0 Å². The van der Waals surface area contributed by atoms with Crippen molar-refractivity contribution in [3.05, 3.63) is 41.3 Å². The van der Waals surface area contributed by atoms with Gasteiger partial charge in [-0.25, -0.2) is 19.4 Å². The molecular weight excluding hydrogens is 429 g/mol. The van der Waals surface area contributed by atoms with Crippen LogP contribution >= 0.6 is 11.6 Å². The zero-order valence-electron chi connectivity index (χ0n) is 13.6. The van der Waals surface area contributed by atoms with Crippen LogP contribution < -0.4 is 4.18 Å². The Morgan fingerprint density at radius 1 is 1.21 bits per heavy atom. The molecular formula is C14H8ClF3N4O5S. The van der Waals surface area contributed by atoms with Gasteiger partial charge in [0.05, 0.1) is 12.8 Å². The van der Waals surface area contributed by atoms with Gasteiger partial charge in [0.1, 0.15) is 5.39 Å². The van der Waals surface area contributed by atoms with Crippen LogP contribution in [0.4, 0.5) is 13.2 Å². The van der Waals surface area contributed by atoms with Crippen molar-refractivity contribution in [3.63, 3.8) is 0 Å². The molecule has 0 fully saturated rings. The number of ether oxygens (including phenoxy) is 1. The standard InChI is InChI=1S/C14H8ClF3N4O5S/c1-26-13(23)10-19-6-9-11(20-10)22(8-4-2-7(15)3-5-8)21-12(9)27-28(24,25)14(16,17)18/h2-6H,1H3. The Bertz CT molecular complexity index is 1160. The first-order valence-corrected chi connectivity index (χ1v) is 8.93. The van der Waals surface area contributed by atoms with Gasteiger partial charge in [0.2, 0.25) is 5.82 Å². The summed E-state index contributed by atoms with van der Waals surface area (Å²) in [6.07, 6.45) is 0.898. The highest BCUT2D eigenvalue weighted by atomic mass is 35.5. The van der Waals surface area contributed by atoms with Crippen molar-refractivity contribution in [1.82, 2.24) is 19.7 Å². The van der Waals surface area contributed by atoms with Gasteiger partial charge in [-0.1, -0.05) is 11.6 Å². The van der Waals surface area contributed by atoms with Crippen molar-refractivity contribution in [3.8, 4) is 11.6 Å². The number of hydrogen-bond donors (Lipinski definition) is 0. The molecule has 0 unspecified atom stereocenters. The second-order valence-electron chi connectivity index (χ2n) is 5.10. The van der Waals surface area contributed by atoms with Crippen molar-refractivity contribution < 1.29 is 35.3 Å². The number of hydrogen-bond acceptors (Lipinski definition) is 8. The zero-order valence-corrected chi connectivity index (χ0v) is 15.2. The molecule has 0 radical (unpaired) electrons. The minimum atomic E-state index is -5.99. The molecule has 3 aromatic rings. The lowest BCUT2D eigenvalue weighted by molar-refractivity contribution is -0.0501. The van der Waals surface area contributed by atoms with Crippen LogP contribution in [0.2, 0.25) is 5.02 Å². The molecule has 0 aliphatic heterocycles. The van der Waals surface area contributed by atoms with Crippen LogP contribution in [-0.2, 0) is 14.9 Å². The van der Waals surface area contributed by atoms with Crippen LogP contribution in [0.5, 0.6) is 5.88 Å². The third-order valence-electron chi connectivity index (χ3n) is 3.30. The second kappa shape index (κ2) is 6.91. The van der Waals surface area contributed by atoms with E-state index in [4.69, 9.17) is 11.6 Å². The monoisotopic (exact) mass is 436 g/mol. The van der Waals surface area contributed by atoms with E-state index < -0.39 is 33.3 Å². The molecule has 0 spiro atoms. The normalized spacial score (nSPS) is 12.2. The second-order valence-corrected chi connectivity index (χ2v) is 7.07. The van der Waals surface area contributed by atoms with Crippen molar-refractivity contribution in [2.45, 2.75) is 5.51 Å². The van der Waals surface area contributed by atoms with E-state index in [0.29, 0.717) is 5.02 Å². The lowest BCUT2D eigenvalue weighted by Crippen LogP contribution is -2.28. The zero-order chi connectivity index (χ0) is 20.7. The average Bonchev–Trinajstić information content (AvgIpc) is 2.98. The number of rotatable bonds is 4. The third-order valence-corrected chi connectivity index (χ3v) is 4.50. The number of esters is 1. The van der Waals surface area contributed by atoms with Gasteiger partial charge in [0, 0.05) is 11.2 Å². The van der Waals surface area contributed by atoms with Crippen LogP contribution in [0.25, 0.3) is 16.7 Å². The molecule has 28 heavy (non-hydrogen) atoms. The molecule has 0 saturated carbocycles. The van der Waals surface area contributed by atoms with E-state index in [1.807, 2.05) is 0 Å². The smallest absolute Gasteiger partial charge is 0.463 e. The number of carbonyl (C=O) groups excluding carboxylic acids is 1. The van der Waals surface area contributed by atoms with Crippen molar-refractivity contribution in [2.24, 2.45) is 0 Å². The Hall–Kier alpha value is -2.93. The fourth-order valence-electron chi connectivity index (χ4n) is 2.04. The minimum Gasteiger partial charge on any atom is -0.463 e. The number of halogens is 4. The molecule has 0 aliphatic carbocycles. The Labute approximate surface area is 159 Å². The molecule has 2 aromatic heterocycles. The van der Waals surface area contributed by atoms with E-state index in [9.17, 15) is 26.4 Å². The summed E-state index contributed by atoms with van der Waals surface area (Å²) < 4.78 is 70.2. The number of methoxy groups -OCH3 is 1. The molecule has 3 rings (SSSR count). The molecule has 14 heteroatoms. The van der Waals surface area contributed by atoms with Gasteiger partial charge < -0.3 is 8.92 Å². The van der Waals surface area contributed by atoms with Gasteiger partial charge in [0.15, 0.2) is 5.65 Å². The highest BCUT2D eigenvalue weighted by Crippen LogP contribution is 2.31. The molecule has 0 saturated heterocycles. The van der Waals surface area contributed by atoms with Gasteiger partial charge >= 0.3 is 21.6 Å². The summed E-state index contributed by atoms with van der Waals surface area (Å²) in [7, 11) is -4.91. The summed E-state index contributed by atoms with van der Waals surface area (Å²) in [6.45, 7) is 0. The molecule has 0 atom stereocenters. The van der Waals surface area contributed by atoms with Crippen molar-refractivity contribution in [2.75, 3.05) is 7.11 Å². The Kier molecular flexibility index (Phi) is 4.89. The van der Waals surface area contributed by atoms with E-state index in [-0.39, 0.29) is 16.7 Å². The molecule has 148 valence electrons. The maximum absolute atomic E-state index is 12.7. The predicted octanol–water partition coefficient (Wildman–Crippen LogP) is 2.48. The van der Waals surface area contributed by atoms with Crippen LogP contribution in [0.1, 0.15) is 10.6 Å². The lowest BCUT2D eigenvalue weighted by Gasteiger charge is -2.07. The minimum absolute atomic E-state index is 0.190. The maximum atomic E-state index is 12.7. The fraction of sp³-hybridized carbons (Fsp3) is 0.143.